The third-order valence-electron chi connectivity index (χ3n) is 3.25. The van der Waals surface area contributed by atoms with Crippen LogP contribution in [0.5, 0.6) is 0 Å². The molecule has 0 aromatic carbocycles. The van der Waals surface area contributed by atoms with Crippen molar-refractivity contribution in [1.29, 1.82) is 0 Å². The molecule has 1 aliphatic rings. The first-order valence-corrected chi connectivity index (χ1v) is 8.22. The zero-order chi connectivity index (χ0) is 13.7. The summed E-state index contributed by atoms with van der Waals surface area (Å²) in [5.41, 5.74) is 0.949. The minimum absolute atomic E-state index is 0.566. The fourth-order valence-electron chi connectivity index (χ4n) is 2.37. The van der Waals surface area contributed by atoms with Gasteiger partial charge in [-0.2, -0.15) is 0 Å². The van der Waals surface area contributed by atoms with E-state index in [1.165, 1.54) is 32.2 Å². The van der Waals surface area contributed by atoms with Gasteiger partial charge in [-0.1, -0.05) is 0 Å². The van der Waals surface area contributed by atoms with Crippen LogP contribution in [0.15, 0.2) is 11.1 Å². The average Bonchev–Trinajstić information content (AvgIpc) is 2.86. The number of rotatable bonds is 5. The molecule has 0 spiro atoms. The van der Waals surface area contributed by atoms with Crippen LogP contribution in [0.3, 0.4) is 0 Å². The van der Waals surface area contributed by atoms with E-state index in [-0.39, 0.29) is 0 Å². The molecule has 2 heterocycles. The van der Waals surface area contributed by atoms with Crippen LogP contribution in [0.25, 0.3) is 5.32 Å². The summed E-state index contributed by atoms with van der Waals surface area (Å²) in [4.78, 5) is 15.4. The molecular weight excluding hydrogens is 410 g/mol. The molecule has 0 saturated carbocycles. The van der Waals surface area contributed by atoms with Gasteiger partial charge < -0.3 is 0 Å². The van der Waals surface area contributed by atoms with E-state index in [1.54, 1.807) is 10.9 Å². The Balaban J connectivity index is 2.20. The van der Waals surface area contributed by atoms with Crippen molar-refractivity contribution in [2.24, 2.45) is 4.99 Å². The number of hydrogen-bond acceptors (Lipinski definition) is 4. The van der Waals surface area contributed by atoms with Gasteiger partial charge in [-0.3, -0.25) is 0 Å². The predicted molar refractivity (Wildman–Crippen MR) is 75.0 cm³/mol. The molecule has 1 unspecified atom stereocenters. The van der Waals surface area contributed by atoms with Gasteiger partial charge in [0.2, 0.25) is 0 Å². The number of hydrogen-bond donors (Lipinski definition) is 0. The SMILES string of the molecule is CCC1CCCN1c1nc(C)cc([N-]C=N[CH]=[W])n1. The Kier molecular flexibility index (Phi) is 5.20. The number of aromatic nitrogens is 2. The van der Waals surface area contributed by atoms with E-state index in [9.17, 15) is 0 Å². The third-order valence-corrected chi connectivity index (χ3v) is 3.69. The van der Waals surface area contributed by atoms with Crippen molar-refractivity contribution in [3.63, 3.8) is 0 Å². The number of anilines is 1. The van der Waals surface area contributed by atoms with Crippen LogP contribution in [-0.2, 0) is 19.4 Å². The van der Waals surface area contributed by atoms with Crippen LogP contribution < -0.4 is 4.90 Å². The molecule has 0 aliphatic carbocycles. The minimum atomic E-state index is 0.566. The van der Waals surface area contributed by atoms with Crippen molar-refractivity contribution in [3.05, 3.63) is 17.1 Å². The maximum atomic E-state index is 4.55. The summed E-state index contributed by atoms with van der Waals surface area (Å²) in [5.74, 6) is 1.49. The van der Waals surface area contributed by atoms with Gasteiger partial charge in [0.15, 0.2) is 0 Å². The van der Waals surface area contributed by atoms with Crippen LogP contribution in [0.1, 0.15) is 31.9 Å². The molecule has 1 atom stereocenters. The zero-order valence-corrected chi connectivity index (χ0v) is 14.2. The Hall–Kier alpha value is -1.09. The van der Waals surface area contributed by atoms with Gasteiger partial charge in [0, 0.05) is 0 Å². The summed E-state index contributed by atoms with van der Waals surface area (Å²) in [7, 11) is 0. The van der Waals surface area contributed by atoms with Crippen molar-refractivity contribution in [3.8, 4) is 0 Å². The second-order valence-corrected chi connectivity index (χ2v) is 5.32. The predicted octanol–water partition coefficient (Wildman–Crippen LogP) is 2.50. The molecule has 6 heteroatoms. The fraction of sp³-hybridized carbons (Fsp3) is 0.538. The molecule has 0 bridgehead atoms. The van der Waals surface area contributed by atoms with Gasteiger partial charge in [0.05, 0.1) is 0 Å². The van der Waals surface area contributed by atoms with Gasteiger partial charge in [0.1, 0.15) is 0 Å². The molecule has 0 radical (unpaired) electrons. The van der Waals surface area contributed by atoms with Crippen molar-refractivity contribution < 1.29 is 19.4 Å². The molecule has 0 amide bonds. The first-order valence-electron chi connectivity index (χ1n) is 6.53. The van der Waals surface area contributed by atoms with E-state index in [4.69, 9.17) is 0 Å². The number of nitrogens with zero attached hydrogens (tertiary/aromatic N) is 5. The molecule has 102 valence electrons. The van der Waals surface area contributed by atoms with Gasteiger partial charge in [0.25, 0.3) is 0 Å². The Morgan fingerprint density at radius 2 is 2.42 bits per heavy atom. The molecule has 0 N–H and O–H groups in total. The molecular formula is C13H18N5W-. The van der Waals surface area contributed by atoms with Gasteiger partial charge in [-0.25, -0.2) is 0 Å². The van der Waals surface area contributed by atoms with Crippen molar-refractivity contribution in [2.75, 3.05) is 11.4 Å². The van der Waals surface area contributed by atoms with Gasteiger partial charge in [-0.05, 0) is 0 Å². The molecule has 2 rings (SSSR count). The number of aryl methyl sites for hydroxylation is 1. The van der Waals surface area contributed by atoms with Crippen molar-refractivity contribution in [2.45, 2.75) is 39.2 Å². The summed E-state index contributed by atoms with van der Waals surface area (Å²) in [6.45, 7) is 5.24. The van der Waals surface area contributed by atoms with Gasteiger partial charge >= 0.3 is 125 Å². The average molecular weight is 428 g/mol. The van der Waals surface area contributed by atoms with E-state index in [0.717, 1.165) is 24.6 Å². The molecule has 1 aromatic heterocycles. The van der Waals surface area contributed by atoms with Crippen LogP contribution in [0, 0.1) is 6.92 Å². The maximum absolute atomic E-state index is 4.55. The molecule has 1 fully saturated rings. The first kappa shape index (κ1) is 14.3. The zero-order valence-electron chi connectivity index (χ0n) is 11.3. The summed E-state index contributed by atoms with van der Waals surface area (Å²) in [5, 5.41) is 4.25. The van der Waals surface area contributed by atoms with E-state index in [0.29, 0.717) is 11.9 Å². The molecule has 1 aliphatic heterocycles. The first-order chi connectivity index (χ1) is 9.24. The second kappa shape index (κ2) is 6.90. The summed E-state index contributed by atoms with van der Waals surface area (Å²) < 4.78 is 1.78. The second-order valence-electron chi connectivity index (χ2n) is 4.56. The quantitative estimate of drug-likeness (QED) is 0.535. The molecule has 19 heavy (non-hydrogen) atoms. The summed E-state index contributed by atoms with van der Waals surface area (Å²) in [6, 6.07) is 2.45. The molecule has 1 saturated heterocycles. The molecule has 1 aromatic rings. The topological polar surface area (TPSA) is 55.5 Å². The monoisotopic (exact) mass is 428 g/mol. The van der Waals surface area contributed by atoms with E-state index in [2.05, 4.69) is 32.1 Å². The van der Waals surface area contributed by atoms with E-state index in [1.807, 2.05) is 13.0 Å². The standard InChI is InChI=1S/C13H18N5.W/c1-4-11-6-5-7-18(11)13-16-10(2)8-12(17-13)15-9-14-3;/h3,8-9,11H,4-7H2,1-2H3;/q-1;. The third kappa shape index (κ3) is 3.69. The van der Waals surface area contributed by atoms with Crippen molar-refractivity contribution in [1.82, 2.24) is 9.97 Å². The Morgan fingerprint density at radius 1 is 1.58 bits per heavy atom. The van der Waals surface area contributed by atoms with Gasteiger partial charge in [-0.15, -0.1) is 0 Å². The van der Waals surface area contributed by atoms with Crippen LogP contribution in [0.2, 0.25) is 0 Å². The van der Waals surface area contributed by atoms with Crippen LogP contribution in [-0.4, -0.2) is 33.4 Å². The van der Waals surface area contributed by atoms with E-state index < -0.39 is 0 Å². The fourth-order valence-corrected chi connectivity index (χ4v) is 2.57. The summed E-state index contributed by atoms with van der Waals surface area (Å²) >= 11 is 1.31. The Labute approximate surface area is 125 Å². The van der Waals surface area contributed by atoms with Crippen LogP contribution >= 0.6 is 0 Å². The normalized spacial score (nSPS) is 19.1. The Morgan fingerprint density at radius 3 is 3.16 bits per heavy atom. The summed E-state index contributed by atoms with van der Waals surface area (Å²) in [6.07, 6.45) is 5.13. The van der Waals surface area contributed by atoms with Crippen LogP contribution in [0.4, 0.5) is 11.8 Å². The van der Waals surface area contributed by atoms with E-state index >= 15 is 0 Å². The Bertz CT molecular complexity index is 474. The van der Waals surface area contributed by atoms with Crippen molar-refractivity contribution >= 4 is 22.6 Å². The molecule has 5 nitrogen and oxygen atoms in total. The number of aliphatic imine (C=N–C) groups is 1.